The molecule has 0 radical (unpaired) electrons. The Morgan fingerprint density at radius 1 is 1.47 bits per heavy atom. The van der Waals surface area contributed by atoms with Crippen molar-refractivity contribution in [2.45, 2.75) is 18.9 Å². The van der Waals surface area contributed by atoms with Crippen molar-refractivity contribution >= 4 is 11.8 Å². The summed E-state index contributed by atoms with van der Waals surface area (Å²) in [6.45, 7) is 0.662. The number of hydrogen-bond donors (Lipinski definition) is 2. The van der Waals surface area contributed by atoms with Gasteiger partial charge in [-0.25, -0.2) is 4.79 Å². The summed E-state index contributed by atoms with van der Waals surface area (Å²) >= 11 is 0. The van der Waals surface area contributed by atoms with E-state index in [-0.39, 0.29) is 6.04 Å². The maximum atomic E-state index is 10.7. The van der Waals surface area contributed by atoms with Gasteiger partial charge in [0.1, 0.15) is 0 Å². The van der Waals surface area contributed by atoms with Crippen molar-refractivity contribution in [1.82, 2.24) is 4.90 Å². The van der Waals surface area contributed by atoms with Crippen LogP contribution in [0.5, 0.6) is 0 Å². The molecule has 1 fully saturated rings. The van der Waals surface area contributed by atoms with Gasteiger partial charge in [0.15, 0.2) is 0 Å². The Labute approximate surface area is 88.3 Å². The van der Waals surface area contributed by atoms with E-state index in [1.54, 1.807) is 0 Å². The molecular weight excluding hydrogens is 192 g/mol. The first kappa shape index (κ1) is 9.83. The molecule has 0 bridgehead atoms. The predicted molar refractivity (Wildman–Crippen MR) is 57.7 cm³/mol. The SMILES string of the molecule is Nc1ccc(CC2CCN2C(=O)O)cc1. The summed E-state index contributed by atoms with van der Waals surface area (Å²) in [6.07, 6.45) is 0.921. The third-order valence-corrected chi connectivity index (χ3v) is 2.84. The van der Waals surface area contributed by atoms with E-state index < -0.39 is 6.09 Å². The zero-order valence-electron chi connectivity index (χ0n) is 8.39. The van der Waals surface area contributed by atoms with Crippen LogP contribution in [0, 0.1) is 0 Å². The van der Waals surface area contributed by atoms with Gasteiger partial charge in [0.2, 0.25) is 0 Å². The molecule has 1 aromatic rings. The van der Waals surface area contributed by atoms with Gasteiger partial charge in [-0.3, -0.25) is 0 Å². The summed E-state index contributed by atoms with van der Waals surface area (Å²) in [5.41, 5.74) is 7.45. The lowest BCUT2D eigenvalue weighted by molar-refractivity contribution is 0.0757. The van der Waals surface area contributed by atoms with E-state index in [0.29, 0.717) is 6.54 Å². The monoisotopic (exact) mass is 206 g/mol. The highest BCUT2D eigenvalue weighted by atomic mass is 16.4. The number of anilines is 1. The lowest BCUT2D eigenvalue weighted by atomic mass is 9.96. The Morgan fingerprint density at radius 2 is 2.13 bits per heavy atom. The summed E-state index contributed by atoms with van der Waals surface area (Å²) in [5.74, 6) is 0. The molecule has 0 aromatic heterocycles. The van der Waals surface area contributed by atoms with Gasteiger partial charge in [-0.05, 0) is 30.5 Å². The molecule has 0 saturated carbocycles. The van der Waals surface area contributed by atoms with Crippen molar-refractivity contribution in [3.63, 3.8) is 0 Å². The molecule has 0 spiro atoms. The molecule has 4 heteroatoms. The highest BCUT2D eigenvalue weighted by Gasteiger charge is 2.31. The topological polar surface area (TPSA) is 66.6 Å². The average molecular weight is 206 g/mol. The van der Waals surface area contributed by atoms with Crippen molar-refractivity contribution in [2.24, 2.45) is 0 Å². The Morgan fingerprint density at radius 3 is 2.60 bits per heavy atom. The van der Waals surface area contributed by atoms with E-state index in [0.717, 1.165) is 24.1 Å². The van der Waals surface area contributed by atoms with Crippen LogP contribution < -0.4 is 5.73 Å². The summed E-state index contributed by atoms with van der Waals surface area (Å²) in [4.78, 5) is 12.2. The molecule has 1 aliphatic rings. The highest BCUT2D eigenvalue weighted by Crippen LogP contribution is 2.21. The maximum absolute atomic E-state index is 10.7. The predicted octanol–water partition coefficient (Wildman–Crippen LogP) is 1.56. The molecule has 3 N–H and O–H groups in total. The van der Waals surface area contributed by atoms with Crippen LogP contribution in [0.25, 0.3) is 0 Å². The Bertz CT molecular complexity index is 361. The first-order chi connectivity index (χ1) is 7.16. The number of hydrogen-bond acceptors (Lipinski definition) is 2. The number of nitrogen functional groups attached to an aromatic ring is 1. The standard InChI is InChI=1S/C11H14N2O2/c12-9-3-1-8(2-4-9)7-10-5-6-13(10)11(14)15/h1-4,10H,5-7,12H2,(H,14,15). The lowest BCUT2D eigenvalue weighted by Gasteiger charge is -2.38. The van der Waals surface area contributed by atoms with Gasteiger partial charge in [-0.2, -0.15) is 0 Å². The number of amides is 1. The minimum atomic E-state index is -0.818. The molecule has 1 aliphatic heterocycles. The summed E-state index contributed by atoms with van der Waals surface area (Å²) in [5, 5.41) is 8.83. The first-order valence-electron chi connectivity index (χ1n) is 5.01. The fourth-order valence-corrected chi connectivity index (χ4v) is 1.83. The summed E-state index contributed by atoms with van der Waals surface area (Å²) in [6, 6.07) is 7.74. The highest BCUT2D eigenvalue weighted by molar-refractivity contribution is 5.66. The first-order valence-corrected chi connectivity index (χ1v) is 5.01. The fourth-order valence-electron chi connectivity index (χ4n) is 1.83. The van der Waals surface area contributed by atoms with Gasteiger partial charge in [0.25, 0.3) is 0 Å². The maximum Gasteiger partial charge on any atom is 0.407 e. The van der Waals surface area contributed by atoms with Crippen molar-refractivity contribution < 1.29 is 9.90 Å². The van der Waals surface area contributed by atoms with E-state index >= 15 is 0 Å². The molecule has 15 heavy (non-hydrogen) atoms. The van der Waals surface area contributed by atoms with Gasteiger partial charge < -0.3 is 15.7 Å². The molecule has 80 valence electrons. The smallest absolute Gasteiger partial charge is 0.407 e. The molecule has 1 atom stereocenters. The van der Waals surface area contributed by atoms with Gasteiger partial charge >= 0.3 is 6.09 Å². The van der Waals surface area contributed by atoms with E-state index in [2.05, 4.69) is 0 Å². The normalized spacial score (nSPS) is 19.7. The van der Waals surface area contributed by atoms with Crippen LogP contribution in [0.4, 0.5) is 10.5 Å². The van der Waals surface area contributed by atoms with Crippen molar-refractivity contribution in [2.75, 3.05) is 12.3 Å². The molecule has 1 aromatic carbocycles. The number of carboxylic acid groups (broad SMARTS) is 1. The second kappa shape index (κ2) is 3.81. The molecule has 4 nitrogen and oxygen atoms in total. The number of likely N-dealkylation sites (tertiary alicyclic amines) is 1. The minimum absolute atomic E-state index is 0.145. The van der Waals surface area contributed by atoms with Crippen molar-refractivity contribution in [3.8, 4) is 0 Å². The van der Waals surface area contributed by atoms with E-state index in [9.17, 15) is 4.79 Å². The Balaban J connectivity index is 1.97. The van der Waals surface area contributed by atoms with Crippen LogP contribution in [0.3, 0.4) is 0 Å². The molecule has 2 rings (SSSR count). The molecular formula is C11H14N2O2. The van der Waals surface area contributed by atoms with Crippen LogP contribution in [-0.2, 0) is 6.42 Å². The third-order valence-electron chi connectivity index (χ3n) is 2.84. The van der Waals surface area contributed by atoms with Crippen LogP contribution in [0.15, 0.2) is 24.3 Å². The quantitative estimate of drug-likeness (QED) is 0.722. The Kier molecular flexibility index (Phi) is 2.49. The van der Waals surface area contributed by atoms with E-state index in [1.807, 2.05) is 24.3 Å². The van der Waals surface area contributed by atoms with Crippen LogP contribution >= 0.6 is 0 Å². The van der Waals surface area contributed by atoms with Crippen LogP contribution in [0.2, 0.25) is 0 Å². The zero-order valence-corrected chi connectivity index (χ0v) is 8.39. The summed E-state index contributed by atoms with van der Waals surface area (Å²) < 4.78 is 0. The van der Waals surface area contributed by atoms with Crippen LogP contribution in [0.1, 0.15) is 12.0 Å². The van der Waals surface area contributed by atoms with Crippen molar-refractivity contribution in [1.29, 1.82) is 0 Å². The van der Waals surface area contributed by atoms with Gasteiger partial charge in [-0.15, -0.1) is 0 Å². The van der Waals surface area contributed by atoms with Gasteiger partial charge in [0.05, 0.1) is 0 Å². The number of rotatable bonds is 2. The molecule has 0 aliphatic carbocycles. The summed E-state index contributed by atoms with van der Waals surface area (Å²) in [7, 11) is 0. The largest absolute Gasteiger partial charge is 0.465 e. The minimum Gasteiger partial charge on any atom is -0.465 e. The second-order valence-corrected chi connectivity index (χ2v) is 3.86. The molecule has 1 amide bonds. The zero-order chi connectivity index (χ0) is 10.8. The Hall–Kier alpha value is -1.71. The number of benzene rings is 1. The number of nitrogens with zero attached hydrogens (tertiary/aromatic N) is 1. The second-order valence-electron chi connectivity index (χ2n) is 3.86. The van der Waals surface area contributed by atoms with Crippen molar-refractivity contribution in [3.05, 3.63) is 29.8 Å². The van der Waals surface area contributed by atoms with E-state index in [4.69, 9.17) is 10.8 Å². The lowest BCUT2D eigenvalue weighted by Crippen LogP contribution is -2.51. The number of nitrogens with two attached hydrogens (primary N) is 1. The molecule has 1 saturated heterocycles. The van der Waals surface area contributed by atoms with Gasteiger partial charge in [-0.1, -0.05) is 12.1 Å². The van der Waals surface area contributed by atoms with Crippen LogP contribution in [-0.4, -0.2) is 28.7 Å². The van der Waals surface area contributed by atoms with Gasteiger partial charge in [0, 0.05) is 18.3 Å². The molecule has 1 heterocycles. The van der Waals surface area contributed by atoms with E-state index in [1.165, 1.54) is 4.90 Å². The fraction of sp³-hybridized carbons (Fsp3) is 0.364. The number of carbonyl (C=O) groups is 1. The third kappa shape index (κ3) is 2.03. The average Bonchev–Trinajstić information content (AvgIpc) is 2.14. The molecule has 1 unspecified atom stereocenters.